The first-order chi connectivity index (χ1) is 34.7. The number of ether oxygens (including phenoxy) is 8. The highest BCUT2D eigenvalue weighted by atomic mass is 79.9. The fraction of sp³-hybridized carbons (Fsp3) is 0.457. The van der Waals surface area contributed by atoms with Gasteiger partial charge in [0.1, 0.15) is 55.6 Å². The zero-order valence-electron chi connectivity index (χ0n) is 38.1. The summed E-state index contributed by atoms with van der Waals surface area (Å²) in [4.78, 5) is 20.4. The van der Waals surface area contributed by atoms with Crippen LogP contribution in [0.5, 0.6) is 11.8 Å². The molecular formula is C46H45Br9F3N5O10. The van der Waals surface area contributed by atoms with Crippen molar-refractivity contribution in [3.8, 4) is 11.8 Å². The van der Waals surface area contributed by atoms with Crippen LogP contribution in [-0.2, 0) is 51.0 Å². The van der Waals surface area contributed by atoms with Gasteiger partial charge in [0.2, 0.25) is 11.8 Å². The number of aliphatic hydroxyl groups excluding tert-OH is 1. The Balaban J connectivity index is 0.000000153. The van der Waals surface area contributed by atoms with E-state index in [-0.39, 0.29) is 59.1 Å². The van der Waals surface area contributed by atoms with Gasteiger partial charge in [0.15, 0.2) is 23.3 Å². The van der Waals surface area contributed by atoms with Crippen LogP contribution in [0.2, 0.25) is 0 Å². The molecule has 0 radical (unpaired) electrons. The summed E-state index contributed by atoms with van der Waals surface area (Å²) in [6, 6.07) is 17.1. The van der Waals surface area contributed by atoms with Gasteiger partial charge in [-0.2, -0.15) is 0 Å². The second-order valence-corrected chi connectivity index (χ2v) is 23.9. The first kappa shape index (κ1) is 61.4. The van der Waals surface area contributed by atoms with Crippen LogP contribution in [0.25, 0.3) is 0 Å². The number of aliphatic hydroxyl groups is 2. The minimum absolute atomic E-state index is 0.0584. The molecule has 0 saturated carbocycles. The Bertz CT molecular complexity index is 2450. The van der Waals surface area contributed by atoms with Gasteiger partial charge in [-0.1, -0.05) is 15.9 Å². The van der Waals surface area contributed by atoms with Gasteiger partial charge in [-0.05, 0) is 206 Å². The minimum Gasteiger partial charge on any atom is -0.475 e. The molecule has 398 valence electrons. The van der Waals surface area contributed by atoms with Gasteiger partial charge in [0.25, 0.3) is 0 Å². The van der Waals surface area contributed by atoms with Gasteiger partial charge in [0.05, 0.1) is 66.1 Å². The highest BCUT2D eigenvalue weighted by Crippen LogP contribution is 2.39. The fourth-order valence-electron chi connectivity index (χ4n) is 6.63. The van der Waals surface area contributed by atoms with Crippen LogP contribution in [0, 0.1) is 0 Å². The number of pyridine rings is 5. The van der Waals surface area contributed by atoms with E-state index in [0.29, 0.717) is 82.5 Å². The molecule has 5 aliphatic heterocycles. The van der Waals surface area contributed by atoms with Crippen molar-refractivity contribution in [2.24, 2.45) is 0 Å². The van der Waals surface area contributed by atoms with Crippen molar-refractivity contribution in [1.82, 2.24) is 24.9 Å². The molecule has 15 nitrogen and oxygen atoms in total. The lowest BCUT2D eigenvalue weighted by atomic mass is 9.93. The third-order valence-corrected chi connectivity index (χ3v) is 14.4. The number of aromatic nitrogens is 5. The van der Waals surface area contributed by atoms with E-state index in [2.05, 4.69) is 168 Å². The summed E-state index contributed by atoms with van der Waals surface area (Å²) in [6.07, 6.45) is 3.01. The van der Waals surface area contributed by atoms with Crippen molar-refractivity contribution in [1.29, 1.82) is 0 Å². The SMILES string of the molecule is Brc1cc(Br)nc(Br)c1.FC1(c2cc(Br)nc(Br)c2)COC1.FC1(c2cc(Br)nc(OCCOC3CCCCO3)c2)COC1.OC1(c2cc(Br)nc(Br)c2)COC1.OCCOc1cc(C2(F)COC2)cc(Br)n1. The number of alkyl halides is 3. The number of hydrogen-bond acceptors (Lipinski definition) is 15. The lowest BCUT2D eigenvalue weighted by Crippen LogP contribution is -2.46. The molecule has 5 saturated heterocycles. The first-order valence-electron chi connectivity index (χ1n) is 21.9. The van der Waals surface area contributed by atoms with Crippen LogP contribution in [0.4, 0.5) is 13.2 Å². The topological polar surface area (TPSA) is 179 Å². The Hall–Kier alpha value is -0.860. The summed E-state index contributed by atoms with van der Waals surface area (Å²) in [6.45, 7) is 2.80. The van der Waals surface area contributed by atoms with Crippen LogP contribution >= 0.6 is 143 Å². The lowest BCUT2D eigenvalue weighted by molar-refractivity contribution is -0.184. The van der Waals surface area contributed by atoms with Crippen molar-refractivity contribution in [3.63, 3.8) is 0 Å². The van der Waals surface area contributed by atoms with Gasteiger partial charge in [-0.25, -0.2) is 38.1 Å². The first-order valence-corrected chi connectivity index (χ1v) is 29.0. The Morgan fingerprint density at radius 2 is 0.849 bits per heavy atom. The highest BCUT2D eigenvalue weighted by Gasteiger charge is 2.43. The largest absolute Gasteiger partial charge is 0.475 e. The molecule has 73 heavy (non-hydrogen) atoms. The molecule has 10 heterocycles. The fourth-order valence-corrected chi connectivity index (χ4v) is 11.9. The second-order valence-electron chi connectivity index (χ2n) is 16.5. The van der Waals surface area contributed by atoms with Gasteiger partial charge in [-0.3, -0.25) is 0 Å². The Morgan fingerprint density at radius 3 is 1.19 bits per heavy atom. The van der Waals surface area contributed by atoms with E-state index in [0.717, 1.165) is 45.1 Å². The maximum absolute atomic E-state index is 14.4. The second kappa shape index (κ2) is 28.9. The Morgan fingerprint density at radius 1 is 0.479 bits per heavy atom. The van der Waals surface area contributed by atoms with Crippen molar-refractivity contribution in [2.75, 3.05) is 85.9 Å². The molecule has 1 unspecified atom stereocenters. The highest BCUT2D eigenvalue weighted by molar-refractivity contribution is 9.12. The molecular weight excluding hydrogens is 1560 g/mol. The molecule has 0 bridgehead atoms. The van der Waals surface area contributed by atoms with Crippen LogP contribution in [-0.4, -0.2) is 127 Å². The maximum atomic E-state index is 14.4. The van der Waals surface area contributed by atoms with Crippen LogP contribution in [0.1, 0.15) is 41.5 Å². The smallest absolute Gasteiger partial charge is 0.214 e. The predicted molar refractivity (Wildman–Crippen MR) is 294 cm³/mol. The summed E-state index contributed by atoms with van der Waals surface area (Å²) in [5.74, 6) is 0.670. The summed E-state index contributed by atoms with van der Waals surface area (Å²) in [5, 5.41) is 18.6. The summed E-state index contributed by atoms with van der Waals surface area (Å²) in [5.41, 5.74) is -2.60. The molecule has 5 aliphatic rings. The van der Waals surface area contributed by atoms with Gasteiger partial charge in [-0.15, -0.1) is 0 Å². The molecule has 10 rings (SSSR count). The van der Waals surface area contributed by atoms with Crippen LogP contribution < -0.4 is 9.47 Å². The van der Waals surface area contributed by atoms with E-state index in [1.165, 1.54) is 6.07 Å². The molecule has 5 fully saturated rings. The van der Waals surface area contributed by atoms with Gasteiger partial charge < -0.3 is 48.1 Å². The van der Waals surface area contributed by atoms with E-state index in [4.69, 9.17) is 43.0 Å². The van der Waals surface area contributed by atoms with Crippen molar-refractivity contribution < 1.29 is 61.3 Å². The normalized spacial score (nSPS) is 19.3. The van der Waals surface area contributed by atoms with Crippen LogP contribution in [0.15, 0.2) is 102 Å². The summed E-state index contributed by atoms with van der Waals surface area (Å²) >= 11 is 29.2. The minimum atomic E-state index is -1.44. The van der Waals surface area contributed by atoms with Gasteiger partial charge in [0, 0.05) is 34.3 Å². The average molecular weight is 1600 g/mol. The molecule has 0 spiro atoms. The molecule has 1 atom stereocenters. The van der Waals surface area contributed by atoms with Gasteiger partial charge >= 0.3 is 0 Å². The van der Waals surface area contributed by atoms with E-state index >= 15 is 0 Å². The van der Waals surface area contributed by atoms with Crippen molar-refractivity contribution in [3.05, 3.63) is 124 Å². The predicted octanol–water partition coefficient (Wildman–Crippen LogP) is 12.4. The number of halogens is 12. The molecule has 0 aromatic carbocycles. The molecule has 0 amide bonds. The van der Waals surface area contributed by atoms with Crippen molar-refractivity contribution in [2.45, 2.75) is 48.2 Å². The standard InChI is InChI=1S/C15H19BrFNO4.C10H11BrFNO3.C8H6Br2FNO.C8H7Br2NO2.C5H2Br3N/c16-12-7-11(15(17)9-19-10-15)8-13(18-12)20-5-6-22-14-3-1-2-4-21-14;11-8-3-7(10(12)5-15-6-10)4-9(13-8)16-2-1-14;9-6-1-5(2-7(10)12-6)8(11)3-13-4-8;9-6-1-5(2-7(10)11-6)8(12)3-13-4-8;6-3-1-4(7)9-5(8)2-3/h7-8,14H,1-6,9-10H2;3-4,14H,1-2,5-6H2;1-2H,3-4H2;1-2,12H,3-4H2;1-2H. The maximum Gasteiger partial charge on any atom is 0.214 e. The van der Waals surface area contributed by atoms with Crippen molar-refractivity contribution >= 4 is 143 Å². The number of rotatable bonds is 12. The zero-order chi connectivity index (χ0) is 52.8. The lowest BCUT2D eigenvalue weighted by Gasteiger charge is -2.36. The number of nitrogens with zero attached hydrogens (tertiary/aromatic N) is 5. The molecule has 5 aromatic rings. The summed E-state index contributed by atoms with van der Waals surface area (Å²) in [7, 11) is 0. The average Bonchev–Trinajstić information content (AvgIpc) is 3.29. The quantitative estimate of drug-likeness (QED) is 0.0889. The van der Waals surface area contributed by atoms with E-state index in [1.54, 1.807) is 42.5 Å². The van der Waals surface area contributed by atoms with E-state index in [1.807, 2.05) is 12.1 Å². The zero-order valence-corrected chi connectivity index (χ0v) is 52.4. The Labute approximate surface area is 494 Å². The number of hydrogen-bond donors (Lipinski definition) is 2. The molecule has 5 aromatic heterocycles. The van der Waals surface area contributed by atoms with E-state index in [9.17, 15) is 18.3 Å². The van der Waals surface area contributed by atoms with Crippen LogP contribution in [0.3, 0.4) is 0 Å². The summed E-state index contributed by atoms with van der Waals surface area (Å²) < 4.78 is 89.9. The Kier molecular flexibility index (Phi) is 24.2. The molecule has 27 heteroatoms. The monoisotopic (exact) mass is 1590 g/mol. The third kappa shape index (κ3) is 18.9. The molecule has 2 N–H and O–H groups in total. The molecule has 0 aliphatic carbocycles. The third-order valence-electron chi connectivity index (χ3n) is 10.7. The van der Waals surface area contributed by atoms with E-state index < -0.39 is 22.6 Å².